The Bertz CT molecular complexity index is 354. The van der Waals surface area contributed by atoms with Gasteiger partial charge in [-0.1, -0.05) is 30.3 Å². The second kappa shape index (κ2) is 4.17. The molecule has 3 rings (SSSR count). The summed E-state index contributed by atoms with van der Waals surface area (Å²) in [5.41, 5.74) is 1.30. The second-order valence-corrected chi connectivity index (χ2v) is 4.68. The average Bonchev–Trinajstić information content (AvgIpc) is 3.11. The van der Waals surface area contributed by atoms with Gasteiger partial charge in [-0.15, -0.1) is 0 Å². The fraction of sp³-hybridized carbons (Fsp3) is 0.538. The highest BCUT2D eigenvalue weighted by Crippen LogP contribution is 2.36. The Kier molecular flexibility index (Phi) is 2.67. The Morgan fingerprint density at radius 3 is 2.81 bits per heavy atom. The molecule has 3 heteroatoms. The van der Waals surface area contributed by atoms with Gasteiger partial charge in [0.1, 0.15) is 12.2 Å². The van der Waals surface area contributed by atoms with Crippen LogP contribution in [0.15, 0.2) is 30.3 Å². The summed E-state index contributed by atoms with van der Waals surface area (Å²) in [5, 5.41) is 13.1. The van der Waals surface area contributed by atoms with Crippen LogP contribution in [-0.2, 0) is 11.3 Å². The highest BCUT2D eigenvalue weighted by atomic mass is 16.6. The zero-order valence-corrected chi connectivity index (χ0v) is 9.17. The summed E-state index contributed by atoms with van der Waals surface area (Å²) in [6.45, 7) is 0.883. The quantitative estimate of drug-likeness (QED) is 0.747. The molecule has 1 aliphatic heterocycles. The minimum atomic E-state index is -0.236. The van der Waals surface area contributed by atoms with Gasteiger partial charge >= 0.3 is 0 Å². The topological polar surface area (TPSA) is 44.8 Å². The van der Waals surface area contributed by atoms with Crippen LogP contribution in [0.3, 0.4) is 0 Å². The summed E-state index contributed by atoms with van der Waals surface area (Å²) >= 11 is 0. The number of hydrogen-bond donors (Lipinski definition) is 2. The monoisotopic (exact) mass is 219 g/mol. The molecule has 4 atom stereocenters. The van der Waals surface area contributed by atoms with Gasteiger partial charge in [0.2, 0.25) is 0 Å². The molecule has 0 unspecified atom stereocenters. The summed E-state index contributed by atoms with van der Waals surface area (Å²) in [6, 6.07) is 10.8. The third-order valence-corrected chi connectivity index (χ3v) is 3.52. The fourth-order valence-corrected chi connectivity index (χ4v) is 2.51. The van der Waals surface area contributed by atoms with E-state index in [1.54, 1.807) is 0 Å². The Labute approximate surface area is 95.4 Å². The highest BCUT2D eigenvalue weighted by molar-refractivity contribution is 5.15. The van der Waals surface area contributed by atoms with E-state index in [2.05, 4.69) is 29.6 Å². The molecule has 0 radical (unpaired) electrons. The summed E-state index contributed by atoms with van der Waals surface area (Å²) < 4.78 is 5.48. The Morgan fingerprint density at radius 1 is 1.19 bits per heavy atom. The van der Waals surface area contributed by atoms with Crippen molar-refractivity contribution in [3.05, 3.63) is 35.9 Å². The molecule has 86 valence electrons. The van der Waals surface area contributed by atoms with Gasteiger partial charge in [0.25, 0.3) is 0 Å². The van der Waals surface area contributed by atoms with E-state index in [0.717, 1.165) is 19.4 Å². The van der Waals surface area contributed by atoms with Crippen molar-refractivity contribution in [2.75, 3.05) is 0 Å². The number of hydrogen-bond acceptors (Lipinski definition) is 3. The number of benzene rings is 1. The zero-order valence-electron chi connectivity index (χ0n) is 9.17. The SMILES string of the molecule is O[C@H]1CC[C@@H](NCc2ccccc2)[C@H]2O[C@H]21. The third-order valence-electron chi connectivity index (χ3n) is 3.52. The van der Waals surface area contributed by atoms with Crippen LogP contribution in [-0.4, -0.2) is 29.5 Å². The number of nitrogens with one attached hydrogen (secondary N) is 1. The molecule has 1 aromatic rings. The molecule has 0 spiro atoms. The van der Waals surface area contributed by atoms with Crippen LogP contribution in [0.4, 0.5) is 0 Å². The number of epoxide rings is 1. The van der Waals surface area contributed by atoms with Crippen LogP contribution in [0.25, 0.3) is 0 Å². The van der Waals surface area contributed by atoms with Gasteiger partial charge in [-0.05, 0) is 18.4 Å². The van der Waals surface area contributed by atoms with Crippen LogP contribution in [0.2, 0.25) is 0 Å². The van der Waals surface area contributed by atoms with Gasteiger partial charge in [-0.2, -0.15) is 0 Å². The Balaban J connectivity index is 1.53. The lowest BCUT2D eigenvalue weighted by Gasteiger charge is -2.22. The maximum atomic E-state index is 9.57. The van der Waals surface area contributed by atoms with Gasteiger partial charge in [0.05, 0.1) is 6.10 Å². The summed E-state index contributed by atoms with van der Waals surface area (Å²) in [7, 11) is 0. The zero-order chi connectivity index (χ0) is 11.0. The average molecular weight is 219 g/mol. The van der Waals surface area contributed by atoms with Crippen molar-refractivity contribution in [1.29, 1.82) is 0 Å². The van der Waals surface area contributed by atoms with E-state index in [1.807, 2.05) is 6.07 Å². The lowest BCUT2D eigenvalue weighted by atomic mass is 9.93. The lowest BCUT2D eigenvalue weighted by Crippen LogP contribution is -2.40. The van der Waals surface area contributed by atoms with Crippen molar-refractivity contribution >= 4 is 0 Å². The number of rotatable bonds is 3. The van der Waals surface area contributed by atoms with Crippen molar-refractivity contribution < 1.29 is 9.84 Å². The molecular weight excluding hydrogens is 202 g/mol. The van der Waals surface area contributed by atoms with Crippen LogP contribution in [0.5, 0.6) is 0 Å². The van der Waals surface area contributed by atoms with Gasteiger partial charge in [-0.25, -0.2) is 0 Å². The lowest BCUT2D eigenvalue weighted by molar-refractivity contribution is 0.120. The van der Waals surface area contributed by atoms with E-state index in [4.69, 9.17) is 4.74 Å². The molecule has 1 saturated carbocycles. The molecular formula is C13H17NO2. The summed E-state index contributed by atoms with van der Waals surface area (Å²) in [6.07, 6.45) is 1.97. The fourth-order valence-electron chi connectivity index (χ4n) is 2.51. The Morgan fingerprint density at radius 2 is 2.00 bits per heavy atom. The second-order valence-electron chi connectivity index (χ2n) is 4.68. The maximum Gasteiger partial charge on any atom is 0.112 e. The molecule has 1 saturated heterocycles. The number of fused-ring (bicyclic) bond motifs is 1. The minimum Gasteiger partial charge on any atom is -0.390 e. The normalized spacial score (nSPS) is 36.8. The van der Waals surface area contributed by atoms with Crippen LogP contribution >= 0.6 is 0 Å². The van der Waals surface area contributed by atoms with Crippen molar-refractivity contribution in [3.8, 4) is 0 Å². The largest absolute Gasteiger partial charge is 0.390 e. The number of ether oxygens (including phenoxy) is 1. The van der Waals surface area contributed by atoms with E-state index in [9.17, 15) is 5.11 Å². The smallest absolute Gasteiger partial charge is 0.112 e. The predicted octanol–water partition coefficient (Wildman–Crippen LogP) is 1.07. The molecule has 1 aliphatic carbocycles. The van der Waals surface area contributed by atoms with Gasteiger partial charge in [0.15, 0.2) is 0 Å². The van der Waals surface area contributed by atoms with E-state index < -0.39 is 0 Å². The molecule has 16 heavy (non-hydrogen) atoms. The predicted molar refractivity (Wildman–Crippen MR) is 61.0 cm³/mol. The number of aliphatic hydroxyl groups is 1. The van der Waals surface area contributed by atoms with E-state index in [1.165, 1.54) is 5.56 Å². The summed E-state index contributed by atoms with van der Waals surface area (Å²) in [5.74, 6) is 0. The molecule has 0 aromatic heterocycles. The van der Waals surface area contributed by atoms with Gasteiger partial charge in [0, 0.05) is 12.6 Å². The van der Waals surface area contributed by atoms with Crippen LogP contribution in [0.1, 0.15) is 18.4 Å². The molecule has 2 N–H and O–H groups in total. The molecule has 0 amide bonds. The maximum absolute atomic E-state index is 9.57. The first-order chi connectivity index (χ1) is 7.84. The van der Waals surface area contributed by atoms with Crippen molar-refractivity contribution in [2.24, 2.45) is 0 Å². The first-order valence-corrected chi connectivity index (χ1v) is 5.95. The Hall–Kier alpha value is -0.900. The standard InChI is InChI=1S/C13H17NO2/c15-11-7-6-10(12-13(11)16-12)14-8-9-4-2-1-3-5-9/h1-5,10-15H,6-8H2/t10-,11+,12-,13+/m1/s1. The van der Waals surface area contributed by atoms with Gasteiger partial charge in [-0.3, -0.25) is 0 Å². The van der Waals surface area contributed by atoms with E-state index in [0.29, 0.717) is 6.04 Å². The minimum absolute atomic E-state index is 0.0991. The van der Waals surface area contributed by atoms with Crippen molar-refractivity contribution in [3.63, 3.8) is 0 Å². The molecule has 1 heterocycles. The van der Waals surface area contributed by atoms with Crippen LogP contribution in [0, 0.1) is 0 Å². The van der Waals surface area contributed by atoms with Crippen molar-refractivity contribution in [1.82, 2.24) is 5.32 Å². The first kappa shape index (κ1) is 10.3. The summed E-state index contributed by atoms with van der Waals surface area (Å²) in [4.78, 5) is 0. The highest BCUT2D eigenvalue weighted by Gasteiger charge is 2.52. The van der Waals surface area contributed by atoms with E-state index >= 15 is 0 Å². The van der Waals surface area contributed by atoms with E-state index in [-0.39, 0.29) is 18.3 Å². The molecule has 0 bridgehead atoms. The molecule has 1 aromatic carbocycles. The van der Waals surface area contributed by atoms with Crippen molar-refractivity contribution in [2.45, 2.75) is 43.7 Å². The molecule has 2 fully saturated rings. The van der Waals surface area contributed by atoms with Gasteiger partial charge < -0.3 is 15.2 Å². The first-order valence-electron chi connectivity index (χ1n) is 5.95. The molecule has 2 aliphatic rings. The van der Waals surface area contributed by atoms with Crippen LogP contribution < -0.4 is 5.32 Å². The molecule has 3 nitrogen and oxygen atoms in total. The number of aliphatic hydroxyl groups excluding tert-OH is 1. The third kappa shape index (κ3) is 1.98.